The molecule has 0 saturated heterocycles. The zero-order valence-electron chi connectivity index (χ0n) is 20.7. The highest BCUT2D eigenvalue weighted by Gasteiger charge is 2.27. The van der Waals surface area contributed by atoms with Gasteiger partial charge in [0.25, 0.3) is 0 Å². The molecule has 0 bridgehead atoms. The quantitative estimate of drug-likeness (QED) is 0.430. The molecule has 2 aromatic carbocycles. The molecule has 0 radical (unpaired) electrons. The van der Waals surface area contributed by atoms with Crippen molar-refractivity contribution in [3.05, 3.63) is 59.1 Å². The Balaban J connectivity index is 2.19. The highest BCUT2D eigenvalue weighted by Crippen LogP contribution is 2.30. The van der Waals surface area contributed by atoms with E-state index in [9.17, 15) is 18.0 Å². The fraction of sp³-hybridized carbons (Fsp3) is 0.440. The Morgan fingerprint density at radius 1 is 1.11 bits per heavy atom. The van der Waals surface area contributed by atoms with Gasteiger partial charge >= 0.3 is 0 Å². The smallest absolute Gasteiger partial charge is 0.242 e. The van der Waals surface area contributed by atoms with Crippen LogP contribution in [0, 0.1) is 0 Å². The van der Waals surface area contributed by atoms with Gasteiger partial charge in [-0.15, -0.1) is 0 Å². The van der Waals surface area contributed by atoms with Crippen LogP contribution in [-0.4, -0.2) is 57.6 Å². The summed E-state index contributed by atoms with van der Waals surface area (Å²) in [6.07, 6.45) is 2.20. The molecule has 192 valence electrons. The molecular weight excluding hydrogens is 490 g/mol. The number of nitrogens with one attached hydrogen (secondary N) is 1. The van der Waals surface area contributed by atoms with E-state index < -0.39 is 16.1 Å². The van der Waals surface area contributed by atoms with Gasteiger partial charge in [0.05, 0.1) is 19.1 Å². The monoisotopic (exact) mass is 523 g/mol. The molecule has 0 heterocycles. The Morgan fingerprint density at radius 2 is 1.77 bits per heavy atom. The summed E-state index contributed by atoms with van der Waals surface area (Å²) < 4.78 is 31.5. The third-order valence-corrected chi connectivity index (χ3v) is 7.07. The zero-order valence-corrected chi connectivity index (χ0v) is 22.2. The summed E-state index contributed by atoms with van der Waals surface area (Å²) in [6, 6.07) is 13.3. The normalized spacial score (nSPS) is 12.0. The molecular formula is C25H34ClN3O5S. The first-order chi connectivity index (χ1) is 16.6. The van der Waals surface area contributed by atoms with Crippen LogP contribution >= 0.6 is 11.6 Å². The number of carbonyl (C=O) groups excluding carboxylic acids is 2. The van der Waals surface area contributed by atoms with Gasteiger partial charge in [-0.2, -0.15) is 0 Å². The van der Waals surface area contributed by atoms with Crippen molar-refractivity contribution in [2.24, 2.45) is 0 Å². The van der Waals surface area contributed by atoms with Crippen LogP contribution in [0.5, 0.6) is 5.75 Å². The topological polar surface area (TPSA) is 96.0 Å². The summed E-state index contributed by atoms with van der Waals surface area (Å²) in [7, 11) is -2.14. The van der Waals surface area contributed by atoms with E-state index >= 15 is 0 Å². The van der Waals surface area contributed by atoms with Crippen molar-refractivity contribution in [2.45, 2.75) is 45.7 Å². The van der Waals surface area contributed by atoms with Crippen LogP contribution in [0.3, 0.4) is 0 Å². The van der Waals surface area contributed by atoms with Gasteiger partial charge in [-0.1, -0.05) is 48.9 Å². The number of ether oxygens (including phenoxy) is 1. The minimum absolute atomic E-state index is 0.0526. The van der Waals surface area contributed by atoms with Crippen molar-refractivity contribution in [2.75, 3.05) is 30.8 Å². The number of para-hydroxylation sites is 2. The number of halogens is 1. The first kappa shape index (κ1) is 28.5. The number of anilines is 1. The SMILES string of the molecule is CCCNC(=O)[C@@H](C)N(Cc1ccccc1Cl)C(=O)CCCN(c1ccccc1OC)S(C)(=O)=O. The van der Waals surface area contributed by atoms with Crippen LogP contribution in [0.25, 0.3) is 0 Å². The van der Waals surface area contributed by atoms with Gasteiger partial charge < -0.3 is 15.0 Å². The van der Waals surface area contributed by atoms with E-state index in [1.807, 2.05) is 19.1 Å². The Hall–Kier alpha value is -2.78. The number of sulfonamides is 1. The minimum Gasteiger partial charge on any atom is -0.495 e. The predicted molar refractivity (Wildman–Crippen MR) is 139 cm³/mol. The van der Waals surface area contributed by atoms with Crippen molar-refractivity contribution in [1.82, 2.24) is 10.2 Å². The van der Waals surface area contributed by atoms with Crippen molar-refractivity contribution in [1.29, 1.82) is 0 Å². The molecule has 0 aliphatic heterocycles. The summed E-state index contributed by atoms with van der Waals surface area (Å²) in [4.78, 5) is 27.4. The second kappa shape index (κ2) is 13.3. The molecule has 1 atom stereocenters. The van der Waals surface area contributed by atoms with Crippen LogP contribution in [0.2, 0.25) is 5.02 Å². The van der Waals surface area contributed by atoms with Crippen LogP contribution in [0.1, 0.15) is 38.7 Å². The van der Waals surface area contributed by atoms with Crippen LogP contribution in [-0.2, 0) is 26.2 Å². The van der Waals surface area contributed by atoms with E-state index in [4.69, 9.17) is 16.3 Å². The number of hydrogen-bond acceptors (Lipinski definition) is 5. The van der Waals surface area contributed by atoms with Crippen LogP contribution < -0.4 is 14.4 Å². The average molecular weight is 524 g/mol. The third-order valence-electron chi connectivity index (χ3n) is 5.52. The Bertz CT molecular complexity index is 1110. The van der Waals surface area contributed by atoms with Gasteiger partial charge in [0.15, 0.2) is 0 Å². The van der Waals surface area contributed by atoms with Gasteiger partial charge in [0, 0.05) is 31.1 Å². The highest BCUT2D eigenvalue weighted by atomic mass is 35.5. The fourth-order valence-electron chi connectivity index (χ4n) is 3.61. The number of methoxy groups -OCH3 is 1. The summed E-state index contributed by atoms with van der Waals surface area (Å²) >= 11 is 6.31. The molecule has 2 aromatic rings. The molecule has 0 saturated carbocycles. The van der Waals surface area contributed by atoms with Gasteiger partial charge in [-0.25, -0.2) is 8.42 Å². The maximum atomic E-state index is 13.3. The zero-order chi connectivity index (χ0) is 26.0. The van der Waals surface area contributed by atoms with E-state index in [1.54, 1.807) is 43.3 Å². The average Bonchev–Trinajstić information content (AvgIpc) is 2.83. The van der Waals surface area contributed by atoms with E-state index in [0.717, 1.165) is 18.2 Å². The maximum Gasteiger partial charge on any atom is 0.242 e. The highest BCUT2D eigenvalue weighted by molar-refractivity contribution is 7.92. The number of nitrogens with zero attached hydrogens (tertiary/aromatic N) is 2. The number of hydrogen-bond donors (Lipinski definition) is 1. The molecule has 0 unspecified atom stereocenters. The molecule has 2 amide bonds. The van der Waals surface area contributed by atoms with Crippen molar-refractivity contribution in [3.8, 4) is 5.75 Å². The molecule has 0 fully saturated rings. The lowest BCUT2D eigenvalue weighted by atomic mass is 10.1. The Labute approximate surface area is 213 Å². The Morgan fingerprint density at radius 3 is 2.40 bits per heavy atom. The van der Waals surface area contributed by atoms with Gasteiger partial charge in [-0.05, 0) is 43.5 Å². The van der Waals surface area contributed by atoms with Crippen molar-refractivity contribution < 1.29 is 22.7 Å². The lowest BCUT2D eigenvalue weighted by Crippen LogP contribution is -2.48. The molecule has 0 aliphatic carbocycles. The second-order valence-electron chi connectivity index (χ2n) is 8.19. The number of rotatable bonds is 13. The maximum absolute atomic E-state index is 13.3. The van der Waals surface area contributed by atoms with Crippen molar-refractivity contribution >= 4 is 39.1 Å². The third kappa shape index (κ3) is 8.14. The lowest BCUT2D eigenvalue weighted by molar-refractivity contribution is -0.140. The first-order valence-electron chi connectivity index (χ1n) is 11.5. The second-order valence-corrected chi connectivity index (χ2v) is 10.5. The van der Waals surface area contributed by atoms with E-state index in [0.29, 0.717) is 23.0 Å². The molecule has 0 spiro atoms. The van der Waals surface area contributed by atoms with E-state index in [1.165, 1.54) is 16.3 Å². The van der Waals surface area contributed by atoms with E-state index in [2.05, 4.69) is 5.32 Å². The summed E-state index contributed by atoms with van der Waals surface area (Å²) in [5.74, 6) is -0.0950. The molecule has 2 rings (SSSR count). The lowest BCUT2D eigenvalue weighted by Gasteiger charge is -2.30. The number of carbonyl (C=O) groups is 2. The Kier molecular flexibility index (Phi) is 10.9. The van der Waals surface area contributed by atoms with Crippen molar-refractivity contribution in [3.63, 3.8) is 0 Å². The molecule has 0 aliphatic rings. The van der Waals surface area contributed by atoms with Crippen LogP contribution in [0.4, 0.5) is 5.69 Å². The molecule has 35 heavy (non-hydrogen) atoms. The molecule has 10 heteroatoms. The first-order valence-corrected chi connectivity index (χ1v) is 13.7. The van der Waals surface area contributed by atoms with Gasteiger partial charge in [-0.3, -0.25) is 13.9 Å². The molecule has 0 aromatic heterocycles. The van der Waals surface area contributed by atoms with Gasteiger partial charge in [0.2, 0.25) is 21.8 Å². The number of benzene rings is 2. The molecule has 1 N–H and O–H groups in total. The van der Waals surface area contributed by atoms with Crippen LogP contribution in [0.15, 0.2) is 48.5 Å². The standard InChI is InChI=1S/C25H34ClN3O5S/c1-5-16-27-25(31)19(2)28(18-20-11-6-7-12-21(20)26)24(30)15-10-17-29(35(4,32)33)22-13-8-9-14-23(22)34-3/h6-9,11-14,19H,5,10,15-18H2,1-4H3,(H,27,31)/t19-/m1/s1. The number of amides is 2. The minimum atomic E-state index is -3.62. The van der Waals surface area contributed by atoms with E-state index in [-0.39, 0.29) is 37.7 Å². The van der Waals surface area contributed by atoms with Gasteiger partial charge in [0.1, 0.15) is 11.8 Å². The predicted octanol–water partition coefficient (Wildman–Crippen LogP) is 3.84. The fourth-order valence-corrected chi connectivity index (χ4v) is 4.77. The summed E-state index contributed by atoms with van der Waals surface area (Å²) in [5.41, 5.74) is 1.13. The largest absolute Gasteiger partial charge is 0.495 e. The summed E-state index contributed by atoms with van der Waals surface area (Å²) in [6.45, 7) is 4.40. The molecule has 8 nitrogen and oxygen atoms in total. The summed E-state index contributed by atoms with van der Waals surface area (Å²) in [5, 5.41) is 3.33.